The van der Waals surface area contributed by atoms with E-state index < -0.39 is 0 Å². The quantitative estimate of drug-likeness (QED) is 0.785. The van der Waals surface area contributed by atoms with Crippen LogP contribution in [0, 0.1) is 0 Å². The summed E-state index contributed by atoms with van der Waals surface area (Å²) in [6, 6.07) is 2.21. The van der Waals surface area contributed by atoms with Gasteiger partial charge in [0.25, 0.3) is 0 Å². The molecule has 0 N–H and O–H groups in total. The highest BCUT2D eigenvalue weighted by Gasteiger charge is 2.08. The van der Waals surface area contributed by atoms with Gasteiger partial charge in [0.05, 0.1) is 30.5 Å². The number of hydrogen-bond donors (Lipinski definition) is 0. The third kappa shape index (κ3) is 2.63. The number of rotatable bonds is 6. The van der Waals surface area contributed by atoms with E-state index in [1.807, 2.05) is 12.5 Å². The van der Waals surface area contributed by atoms with Crippen LogP contribution in [0.25, 0.3) is 0 Å². The van der Waals surface area contributed by atoms with Crippen LogP contribution in [-0.4, -0.2) is 19.3 Å². The van der Waals surface area contributed by atoms with Crippen LogP contribution in [0.3, 0.4) is 0 Å². The van der Waals surface area contributed by atoms with Crippen LogP contribution in [0.15, 0.2) is 18.6 Å². The summed E-state index contributed by atoms with van der Waals surface area (Å²) in [6.45, 7) is 8.36. The van der Waals surface area contributed by atoms with E-state index in [2.05, 4.69) is 46.2 Å². The number of aryl methyl sites for hydroxylation is 3. The molecule has 18 heavy (non-hydrogen) atoms. The lowest BCUT2D eigenvalue weighted by molar-refractivity contribution is 0.578. The first-order valence-electron chi connectivity index (χ1n) is 6.83. The first kappa shape index (κ1) is 12.9. The van der Waals surface area contributed by atoms with Gasteiger partial charge in [-0.15, -0.1) is 0 Å². The maximum atomic E-state index is 4.65. The number of aromatic nitrogens is 4. The lowest BCUT2D eigenvalue weighted by atomic mass is 10.2. The van der Waals surface area contributed by atoms with E-state index in [1.165, 1.54) is 17.1 Å². The van der Waals surface area contributed by atoms with Gasteiger partial charge in [0, 0.05) is 12.2 Å². The number of hydrogen-bond acceptors (Lipinski definition) is 2. The van der Waals surface area contributed by atoms with Crippen molar-refractivity contribution in [2.45, 2.75) is 53.1 Å². The zero-order chi connectivity index (χ0) is 13.0. The Kier molecular flexibility index (Phi) is 4.18. The van der Waals surface area contributed by atoms with Crippen LogP contribution in [0.4, 0.5) is 0 Å². The van der Waals surface area contributed by atoms with Crippen LogP contribution < -0.4 is 0 Å². The molecule has 0 saturated heterocycles. The monoisotopic (exact) mass is 246 g/mol. The molecule has 0 aromatic carbocycles. The van der Waals surface area contributed by atoms with Gasteiger partial charge in [-0.2, -0.15) is 5.10 Å². The standard InChI is InChI=1S/C14H22N4/c1-4-7-17-11-15-9-14(17)10-18-13(6-3)8-12(5-2)16-18/h8-9,11H,4-7,10H2,1-3H3. The molecule has 0 aliphatic rings. The summed E-state index contributed by atoms with van der Waals surface area (Å²) in [5.74, 6) is 0. The van der Waals surface area contributed by atoms with E-state index in [4.69, 9.17) is 0 Å². The third-order valence-corrected chi connectivity index (χ3v) is 3.21. The molecular weight excluding hydrogens is 224 g/mol. The predicted molar refractivity (Wildman–Crippen MR) is 72.6 cm³/mol. The highest BCUT2D eigenvalue weighted by molar-refractivity contribution is 5.12. The molecule has 98 valence electrons. The molecule has 0 aliphatic carbocycles. The molecule has 2 aromatic heterocycles. The first-order chi connectivity index (χ1) is 8.78. The third-order valence-electron chi connectivity index (χ3n) is 3.21. The minimum Gasteiger partial charge on any atom is -0.333 e. The summed E-state index contributed by atoms with van der Waals surface area (Å²) in [6.07, 6.45) is 7.00. The minimum absolute atomic E-state index is 0.823. The molecule has 2 heterocycles. The van der Waals surface area contributed by atoms with Gasteiger partial charge in [-0.05, 0) is 25.3 Å². The second-order valence-electron chi connectivity index (χ2n) is 4.57. The molecule has 0 atom stereocenters. The second-order valence-corrected chi connectivity index (χ2v) is 4.57. The molecule has 0 amide bonds. The molecular formula is C14H22N4. The molecule has 0 unspecified atom stereocenters. The van der Waals surface area contributed by atoms with Crippen molar-refractivity contribution >= 4 is 0 Å². The van der Waals surface area contributed by atoms with Crippen molar-refractivity contribution in [3.05, 3.63) is 35.7 Å². The maximum Gasteiger partial charge on any atom is 0.0948 e. The topological polar surface area (TPSA) is 35.6 Å². The number of imidazole rings is 1. The SMILES string of the molecule is CCCn1cncc1Cn1nc(CC)cc1CC. The van der Waals surface area contributed by atoms with Crippen molar-refractivity contribution in [2.75, 3.05) is 0 Å². The van der Waals surface area contributed by atoms with E-state index in [-0.39, 0.29) is 0 Å². The summed E-state index contributed by atoms with van der Waals surface area (Å²) >= 11 is 0. The summed E-state index contributed by atoms with van der Waals surface area (Å²) in [4.78, 5) is 4.24. The molecule has 0 bridgehead atoms. The van der Waals surface area contributed by atoms with Gasteiger partial charge in [-0.3, -0.25) is 4.68 Å². The van der Waals surface area contributed by atoms with Crippen LogP contribution in [0.5, 0.6) is 0 Å². The van der Waals surface area contributed by atoms with Crippen molar-refractivity contribution in [1.29, 1.82) is 0 Å². The van der Waals surface area contributed by atoms with E-state index in [0.29, 0.717) is 0 Å². The minimum atomic E-state index is 0.823. The van der Waals surface area contributed by atoms with Gasteiger partial charge in [0.2, 0.25) is 0 Å². The van der Waals surface area contributed by atoms with Crippen LogP contribution >= 0.6 is 0 Å². The van der Waals surface area contributed by atoms with E-state index in [1.54, 1.807) is 0 Å². The summed E-state index contributed by atoms with van der Waals surface area (Å²) < 4.78 is 4.33. The van der Waals surface area contributed by atoms with Crippen LogP contribution in [0.2, 0.25) is 0 Å². The van der Waals surface area contributed by atoms with Crippen molar-refractivity contribution in [2.24, 2.45) is 0 Å². The van der Waals surface area contributed by atoms with Gasteiger partial charge in [-0.1, -0.05) is 20.8 Å². The maximum absolute atomic E-state index is 4.65. The Morgan fingerprint density at radius 2 is 1.94 bits per heavy atom. The molecule has 0 spiro atoms. The van der Waals surface area contributed by atoms with Gasteiger partial charge >= 0.3 is 0 Å². The summed E-state index contributed by atoms with van der Waals surface area (Å²) in [5, 5.41) is 4.65. The van der Waals surface area contributed by atoms with E-state index >= 15 is 0 Å². The first-order valence-corrected chi connectivity index (χ1v) is 6.83. The van der Waals surface area contributed by atoms with Gasteiger partial charge in [0.15, 0.2) is 0 Å². The van der Waals surface area contributed by atoms with Crippen LogP contribution in [0.1, 0.15) is 44.3 Å². The molecule has 0 aliphatic heterocycles. The molecule has 0 fully saturated rings. The Balaban J connectivity index is 2.22. The normalized spacial score (nSPS) is 11.1. The fraction of sp³-hybridized carbons (Fsp3) is 0.571. The Morgan fingerprint density at radius 3 is 2.61 bits per heavy atom. The largest absolute Gasteiger partial charge is 0.333 e. The van der Waals surface area contributed by atoms with Crippen molar-refractivity contribution < 1.29 is 0 Å². The molecule has 0 radical (unpaired) electrons. The highest BCUT2D eigenvalue weighted by Crippen LogP contribution is 2.10. The van der Waals surface area contributed by atoms with Crippen molar-refractivity contribution in [3.63, 3.8) is 0 Å². The second kappa shape index (κ2) is 5.85. The zero-order valence-corrected chi connectivity index (χ0v) is 11.6. The average molecular weight is 246 g/mol. The fourth-order valence-electron chi connectivity index (χ4n) is 2.18. The average Bonchev–Trinajstić information content (AvgIpc) is 2.97. The summed E-state index contributed by atoms with van der Waals surface area (Å²) in [5.41, 5.74) is 3.71. The molecule has 2 rings (SSSR count). The van der Waals surface area contributed by atoms with Crippen molar-refractivity contribution in [1.82, 2.24) is 19.3 Å². The molecule has 2 aromatic rings. The Bertz CT molecular complexity index is 496. The van der Waals surface area contributed by atoms with Gasteiger partial charge < -0.3 is 4.57 Å². The summed E-state index contributed by atoms with van der Waals surface area (Å²) in [7, 11) is 0. The van der Waals surface area contributed by atoms with Gasteiger partial charge in [0.1, 0.15) is 0 Å². The van der Waals surface area contributed by atoms with Crippen molar-refractivity contribution in [3.8, 4) is 0 Å². The smallest absolute Gasteiger partial charge is 0.0948 e. The van der Waals surface area contributed by atoms with E-state index in [0.717, 1.165) is 32.4 Å². The molecule has 4 nitrogen and oxygen atoms in total. The lowest BCUT2D eigenvalue weighted by Crippen LogP contribution is -2.10. The number of nitrogens with zero attached hydrogens (tertiary/aromatic N) is 4. The fourth-order valence-corrected chi connectivity index (χ4v) is 2.18. The molecule has 4 heteroatoms. The Labute approximate surface area is 109 Å². The molecule has 0 saturated carbocycles. The predicted octanol–water partition coefficient (Wildman–Crippen LogP) is 2.66. The zero-order valence-electron chi connectivity index (χ0n) is 11.6. The highest BCUT2D eigenvalue weighted by atomic mass is 15.3. The Hall–Kier alpha value is -1.58. The lowest BCUT2D eigenvalue weighted by Gasteiger charge is -2.09. The van der Waals surface area contributed by atoms with Crippen LogP contribution in [-0.2, 0) is 25.9 Å². The Morgan fingerprint density at radius 1 is 1.11 bits per heavy atom. The van der Waals surface area contributed by atoms with E-state index in [9.17, 15) is 0 Å². The van der Waals surface area contributed by atoms with Gasteiger partial charge in [-0.25, -0.2) is 4.98 Å².